The molecule has 0 bridgehead atoms. The second-order valence-corrected chi connectivity index (χ2v) is 15.9. The third kappa shape index (κ3) is 4.09. The molecule has 0 atom stereocenters. The summed E-state index contributed by atoms with van der Waals surface area (Å²) in [5.41, 5.74) is 21.5. The van der Waals surface area contributed by atoms with Gasteiger partial charge in [-0.25, -0.2) is 0 Å². The normalized spacial score (nSPS) is 12.9. The number of hydrogen-bond donors (Lipinski definition) is 0. The summed E-state index contributed by atoms with van der Waals surface area (Å²) in [4.78, 5) is 0. The molecule has 2 aliphatic carbocycles. The molecule has 0 fully saturated rings. The monoisotopic (exact) mass is 688 g/mol. The van der Waals surface area contributed by atoms with E-state index in [9.17, 15) is 0 Å². The highest BCUT2D eigenvalue weighted by Gasteiger charge is 2.33. The van der Waals surface area contributed by atoms with E-state index in [0.717, 1.165) is 0 Å². The lowest BCUT2D eigenvalue weighted by atomic mass is 9.84. The van der Waals surface area contributed by atoms with Crippen molar-refractivity contribution >= 4 is 54.2 Å². The zero-order valence-electron chi connectivity index (χ0n) is 31.7. The number of aryl methyl sites for hydroxylation is 6. The Hall–Kier alpha value is -6.24. The Kier molecular flexibility index (Phi) is 6.46. The topological polar surface area (TPSA) is 0 Å². The minimum absolute atomic E-state index is 1.31. The summed E-state index contributed by atoms with van der Waals surface area (Å²) in [5, 5.41) is 13.2. The summed E-state index contributed by atoms with van der Waals surface area (Å²) in [5.74, 6) is 0. The van der Waals surface area contributed by atoms with Gasteiger partial charge in [0, 0.05) is 0 Å². The van der Waals surface area contributed by atoms with Gasteiger partial charge in [0.2, 0.25) is 0 Å². The lowest BCUT2D eigenvalue weighted by molar-refractivity contribution is 1.28. The third-order valence-corrected chi connectivity index (χ3v) is 12.5. The molecule has 0 aliphatic heterocycles. The molecule has 0 heteroatoms. The summed E-state index contributed by atoms with van der Waals surface area (Å²) < 4.78 is 0. The molecule has 256 valence electrons. The second kappa shape index (κ2) is 11.1. The Bertz CT molecular complexity index is 3040. The number of hydrogen-bond acceptors (Lipinski definition) is 0. The van der Waals surface area contributed by atoms with E-state index in [0.29, 0.717) is 0 Å². The van der Waals surface area contributed by atoms with Gasteiger partial charge in [0.05, 0.1) is 0 Å². The van der Waals surface area contributed by atoms with E-state index in [1.807, 2.05) is 0 Å². The van der Waals surface area contributed by atoms with E-state index in [2.05, 4.69) is 175 Å². The highest BCUT2D eigenvalue weighted by Crippen LogP contribution is 2.50. The Morgan fingerprint density at radius 3 is 0.815 bits per heavy atom. The molecule has 0 aromatic heterocycles. The predicted molar refractivity (Wildman–Crippen MR) is 231 cm³/mol. The van der Waals surface area contributed by atoms with Crippen LogP contribution < -0.4 is 10.4 Å². The molecular formula is C54H40. The van der Waals surface area contributed by atoms with E-state index in [1.165, 1.54) is 143 Å². The van der Waals surface area contributed by atoms with Crippen molar-refractivity contribution in [3.05, 3.63) is 200 Å². The maximum absolute atomic E-state index is 2.59. The van der Waals surface area contributed by atoms with Crippen LogP contribution in [0.4, 0.5) is 0 Å². The van der Waals surface area contributed by atoms with Gasteiger partial charge in [-0.15, -0.1) is 0 Å². The molecule has 0 amide bonds. The summed E-state index contributed by atoms with van der Waals surface area (Å²) in [6, 6.07) is 51.0. The molecule has 0 saturated carbocycles. The van der Waals surface area contributed by atoms with Crippen molar-refractivity contribution in [2.45, 2.75) is 41.5 Å². The zero-order valence-corrected chi connectivity index (χ0v) is 31.7. The standard InChI is InChI=1S/C54H40/c1-29-23-31(3)47(32(4)24-29)53-45-27-44-46(28-43(45)49-39-19-11-7-15-35(39)37-17-9-13-21-41(37)51(49)53)54(48-33(5)25-30(2)26-34(48)6)52-42-22-14-10-18-38(42)36-16-8-12-20-40(36)50(44)52/h7-28H,1-6H3. The van der Waals surface area contributed by atoms with E-state index < -0.39 is 0 Å². The van der Waals surface area contributed by atoms with Crippen molar-refractivity contribution in [3.63, 3.8) is 0 Å². The van der Waals surface area contributed by atoms with Gasteiger partial charge in [-0.3, -0.25) is 0 Å². The lowest BCUT2D eigenvalue weighted by Gasteiger charge is -2.19. The average molecular weight is 689 g/mol. The first-order chi connectivity index (χ1) is 26.3. The van der Waals surface area contributed by atoms with Crippen molar-refractivity contribution in [2.24, 2.45) is 0 Å². The Morgan fingerprint density at radius 1 is 0.259 bits per heavy atom. The maximum Gasteiger partial charge on any atom is -0.000765 e. The van der Waals surface area contributed by atoms with Gasteiger partial charge in [-0.1, -0.05) is 132 Å². The van der Waals surface area contributed by atoms with E-state index in [1.54, 1.807) is 0 Å². The molecule has 9 aromatic rings. The Balaban J connectivity index is 1.43. The average Bonchev–Trinajstić information content (AvgIpc) is 3.67. The Labute approximate surface area is 316 Å². The van der Waals surface area contributed by atoms with Gasteiger partial charge < -0.3 is 0 Å². The smallest absolute Gasteiger partial charge is 0.000765 e. The number of benzene rings is 9. The summed E-state index contributed by atoms with van der Waals surface area (Å²) in [7, 11) is 0. The zero-order chi connectivity index (χ0) is 36.6. The van der Waals surface area contributed by atoms with Crippen LogP contribution in [0, 0.1) is 41.5 Å². The second-order valence-electron chi connectivity index (χ2n) is 15.9. The molecule has 11 rings (SSSR count). The lowest BCUT2D eigenvalue weighted by Crippen LogP contribution is -2.16. The fourth-order valence-corrected chi connectivity index (χ4v) is 10.7. The molecule has 0 nitrogen and oxygen atoms in total. The first-order valence-corrected chi connectivity index (χ1v) is 19.3. The van der Waals surface area contributed by atoms with Crippen LogP contribution in [0.3, 0.4) is 0 Å². The van der Waals surface area contributed by atoms with Crippen LogP contribution in [0.2, 0.25) is 0 Å². The van der Waals surface area contributed by atoms with Crippen LogP contribution in [0.5, 0.6) is 0 Å². The molecule has 0 spiro atoms. The van der Waals surface area contributed by atoms with Crippen LogP contribution >= 0.6 is 0 Å². The molecule has 0 heterocycles. The number of fused-ring (bicyclic) bond motifs is 16. The fourth-order valence-electron chi connectivity index (χ4n) is 10.7. The van der Waals surface area contributed by atoms with Crippen LogP contribution in [0.25, 0.3) is 76.5 Å². The van der Waals surface area contributed by atoms with E-state index >= 15 is 0 Å². The van der Waals surface area contributed by atoms with Crippen molar-refractivity contribution in [1.29, 1.82) is 0 Å². The quantitative estimate of drug-likeness (QED) is 0.159. The molecule has 0 saturated heterocycles. The van der Waals surface area contributed by atoms with Gasteiger partial charge in [-0.2, -0.15) is 0 Å². The number of rotatable bonds is 2. The van der Waals surface area contributed by atoms with Crippen molar-refractivity contribution in [3.8, 4) is 22.3 Å². The molecule has 54 heavy (non-hydrogen) atoms. The van der Waals surface area contributed by atoms with Gasteiger partial charge in [0.25, 0.3) is 0 Å². The van der Waals surface area contributed by atoms with Crippen molar-refractivity contribution in [1.82, 2.24) is 0 Å². The van der Waals surface area contributed by atoms with Crippen LogP contribution in [-0.2, 0) is 0 Å². The van der Waals surface area contributed by atoms with Crippen molar-refractivity contribution < 1.29 is 0 Å². The van der Waals surface area contributed by atoms with Gasteiger partial charge in [0.1, 0.15) is 0 Å². The highest BCUT2D eigenvalue weighted by atomic mass is 14.4. The Morgan fingerprint density at radius 2 is 0.519 bits per heavy atom. The largest absolute Gasteiger partial charge is 0.0616 e. The fraction of sp³-hybridized carbons (Fsp3) is 0.111. The third-order valence-electron chi connectivity index (χ3n) is 12.5. The SMILES string of the molecule is Cc1cc(C)c(C2=c3cc4c(cc3-c3c2c2ccccc2c2ccccc32)=C(c2c(C)cc(C)cc2C)c2c-4c3ccccc3c3ccccc23)c(C)c1. The van der Waals surface area contributed by atoms with Crippen LogP contribution in [-0.4, -0.2) is 0 Å². The first kappa shape index (κ1) is 31.3. The van der Waals surface area contributed by atoms with E-state index in [-0.39, 0.29) is 0 Å². The first-order valence-electron chi connectivity index (χ1n) is 19.3. The molecular weight excluding hydrogens is 649 g/mol. The predicted octanol–water partition coefficient (Wildman–Crippen LogP) is 12.6. The van der Waals surface area contributed by atoms with E-state index in [4.69, 9.17) is 0 Å². The molecule has 9 aromatic carbocycles. The molecule has 2 aliphatic rings. The van der Waals surface area contributed by atoms with Crippen molar-refractivity contribution in [2.75, 3.05) is 0 Å². The highest BCUT2D eigenvalue weighted by molar-refractivity contribution is 6.25. The minimum atomic E-state index is 1.31. The summed E-state index contributed by atoms with van der Waals surface area (Å²) >= 11 is 0. The molecule has 0 N–H and O–H groups in total. The van der Waals surface area contributed by atoms with Gasteiger partial charge in [-0.05, 0) is 185 Å². The van der Waals surface area contributed by atoms with Gasteiger partial charge in [0.15, 0.2) is 0 Å². The molecule has 0 unspecified atom stereocenters. The van der Waals surface area contributed by atoms with Crippen LogP contribution in [0.15, 0.2) is 133 Å². The minimum Gasteiger partial charge on any atom is -0.0616 e. The summed E-state index contributed by atoms with van der Waals surface area (Å²) in [6.07, 6.45) is 0. The van der Waals surface area contributed by atoms with Gasteiger partial charge >= 0.3 is 0 Å². The summed E-state index contributed by atoms with van der Waals surface area (Å²) in [6.45, 7) is 13.7. The molecule has 0 radical (unpaired) electrons. The van der Waals surface area contributed by atoms with Crippen LogP contribution in [0.1, 0.15) is 55.6 Å². The maximum atomic E-state index is 2.59.